The van der Waals surface area contributed by atoms with Crippen LogP contribution in [0.3, 0.4) is 0 Å². The highest BCUT2D eigenvalue weighted by Crippen LogP contribution is 2.61. The van der Waals surface area contributed by atoms with E-state index >= 15 is 0 Å². The smallest absolute Gasteiger partial charge is 0.0297 e. The monoisotopic (exact) mass is 1210 g/mol. The summed E-state index contributed by atoms with van der Waals surface area (Å²) in [5.41, 5.74) is 7.58. The number of hydrogen-bond donors (Lipinski definition) is 0. The second-order valence-electron chi connectivity index (χ2n) is 38.8. The third kappa shape index (κ3) is 57.9. The lowest BCUT2D eigenvalue weighted by atomic mass is 9.56. The molecule has 0 heterocycles. The molecule has 13 saturated carbocycles. The van der Waals surface area contributed by atoms with Crippen LogP contribution in [0.2, 0.25) is 0 Å². The lowest BCUT2D eigenvalue weighted by molar-refractivity contribution is 0.0314. The van der Waals surface area contributed by atoms with Crippen molar-refractivity contribution in [2.75, 3.05) is 0 Å². The Labute approximate surface area is 553 Å². The fourth-order valence-corrected chi connectivity index (χ4v) is 9.30. The van der Waals surface area contributed by atoms with Crippen molar-refractivity contribution in [2.24, 2.45) is 71.4 Å². The summed E-state index contributed by atoms with van der Waals surface area (Å²) in [5.74, 6) is 2.38. The summed E-state index contributed by atoms with van der Waals surface area (Å²) in [4.78, 5) is 0. The molecule has 0 amide bonds. The molecule has 2 bridgehead atoms. The molecule has 0 aromatic heterocycles. The van der Waals surface area contributed by atoms with E-state index in [0.717, 1.165) is 21.7 Å². The van der Waals surface area contributed by atoms with Crippen molar-refractivity contribution in [3.05, 3.63) is 0 Å². The zero-order valence-corrected chi connectivity index (χ0v) is 65.1. The number of fused-ring (bicyclic) bond motifs is 1. The van der Waals surface area contributed by atoms with E-state index in [-0.39, 0.29) is 14.9 Å². The van der Waals surface area contributed by atoms with Gasteiger partial charge < -0.3 is 0 Å². The molecule has 0 atom stereocenters. The van der Waals surface area contributed by atoms with Crippen LogP contribution in [0.25, 0.3) is 0 Å². The van der Waals surface area contributed by atoms with Crippen LogP contribution in [0.15, 0.2) is 0 Å². The maximum atomic E-state index is 2.24. The zero-order valence-electron chi connectivity index (χ0n) is 65.1. The van der Waals surface area contributed by atoms with E-state index < -0.39 is 0 Å². The molecule has 0 aliphatic heterocycles. The first-order valence-electron chi connectivity index (χ1n) is 38.5. The van der Waals surface area contributed by atoms with Gasteiger partial charge in [0.2, 0.25) is 0 Å². The van der Waals surface area contributed by atoms with Gasteiger partial charge in [0, 0.05) is 0 Å². The normalized spacial score (nSPS) is 22.9. The van der Waals surface area contributed by atoms with Gasteiger partial charge in [0.1, 0.15) is 0 Å². The van der Waals surface area contributed by atoms with E-state index in [4.69, 9.17) is 0 Å². The van der Waals surface area contributed by atoms with Gasteiger partial charge in [-0.2, -0.15) is 0 Å². The molecule has 13 aliphatic carbocycles. The summed E-state index contributed by atoms with van der Waals surface area (Å²) in [6.07, 6.45) is 64.4. The molecule has 0 aromatic carbocycles. The van der Waals surface area contributed by atoms with Crippen molar-refractivity contribution in [3.63, 3.8) is 0 Å². The Morgan fingerprint density at radius 1 is 0.198 bits per heavy atom. The first-order chi connectivity index (χ1) is 38.5. The molecule has 0 heteroatoms. The molecule has 524 valence electrons. The second-order valence-corrected chi connectivity index (χ2v) is 38.8. The quantitative estimate of drug-likeness (QED) is 0.227. The Morgan fingerprint density at radius 2 is 0.314 bits per heavy atom. The van der Waals surface area contributed by atoms with Crippen molar-refractivity contribution in [1.29, 1.82) is 0 Å². The molecular formula is C86H180. The lowest BCUT2D eigenvalue weighted by Gasteiger charge is -2.49. The molecule has 13 rings (SSSR count). The van der Waals surface area contributed by atoms with Gasteiger partial charge in [-0.1, -0.05) is 369 Å². The van der Waals surface area contributed by atoms with Gasteiger partial charge in [-0.3, -0.25) is 0 Å². The molecule has 0 N–H and O–H groups in total. The molecule has 13 fully saturated rings. The minimum atomic E-state index is 0. The van der Waals surface area contributed by atoms with Crippen LogP contribution in [0.5, 0.6) is 0 Å². The Morgan fingerprint density at radius 3 is 0.372 bits per heavy atom. The average molecular weight is 1210 g/mol. The van der Waals surface area contributed by atoms with Crippen LogP contribution >= 0.6 is 0 Å². The minimum absolute atomic E-state index is 0. The third-order valence-corrected chi connectivity index (χ3v) is 22.4. The maximum Gasteiger partial charge on any atom is -0.0297 e. The molecule has 0 unspecified atom stereocenters. The van der Waals surface area contributed by atoms with Crippen LogP contribution in [-0.2, 0) is 0 Å². The second kappa shape index (κ2) is 45.4. The predicted molar refractivity (Wildman–Crippen MR) is 405 cm³/mol. The zero-order chi connectivity index (χ0) is 65.1. The molecular weight excluding hydrogens is 1030 g/mol. The first kappa shape index (κ1) is 92.4. The number of rotatable bonds is 0. The maximum absolute atomic E-state index is 2.24. The van der Waals surface area contributed by atoms with Gasteiger partial charge in [-0.15, -0.1) is 0 Å². The molecule has 0 nitrogen and oxygen atoms in total. The van der Waals surface area contributed by atoms with Gasteiger partial charge >= 0.3 is 0 Å². The fraction of sp³-hybridized carbons (Fsp3) is 1.00. The van der Waals surface area contributed by atoms with E-state index in [1.54, 1.807) is 128 Å². The Kier molecular flexibility index (Phi) is 48.7. The summed E-state index contributed by atoms with van der Waals surface area (Å²) in [7, 11) is 0. The van der Waals surface area contributed by atoms with E-state index in [9.17, 15) is 0 Å². The number of hydrogen-bond acceptors (Lipinski definition) is 0. The van der Waals surface area contributed by atoms with E-state index in [0.29, 0.717) is 37.9 Å². The van der Waals surface area contributed by atoms with Crippen molar-refractivity contribution >= 4 is 0 Å². The Bertz CT molecular complexity index is 1260. The van der Waals surface area contributed by atoms with E-state index in [2.05, 4.69) is 194 Å². The SMILES string of the molecule is C.C.C1CC2(C1)CC2.C1CC2(C1)CCC2.C1CC2CC1C2.C1CCC1.C1CCC1.C1CCC2(C1)CC2.C1CCC2(CC1)CC2.CCC(C)(C)C.CCC(C)(C)C.CCC(C)(C)C.CCC(C)(C)C.CCC(C)(C)C.CCC(C)(C)C.CCC(C)(C)C. The highest BCUT2D eigenvalue weighted by molar-refractivity contribution is 4.99. The lowest BCUT2D eigenvalue weighted by Crippen LogP contribution is -2.35. The van der Waals surface area contributed by atoms with Crippen LogP contribution in [0.4, 0.5) is 0 Å². The van der Waals surface area contributed by atoms with Crippen molar-refractivity contribution in [3.8, 4) is 0 Å². The van der Waals surface area contributed by atoms with Gasteiger partial charge in [0.15, 0.2) is 0 Å². The van der Waals surface area contributed by atoms with Crippen molar-refractivity contribution < 1.29 is 0 Å². The summed E-state index contributed by atoms with van der Waals surface area (Å²) in [5, 5.41) is 0. The molecule has 0 radical (unpaired) electrons. The van der Waals surface area contributed by atoms with Crippen LogP contribution in [0.1, 0.15) is 485 Å². The van der Waals surface area contributed by atoms with Gasteiger partial charge in [-0.25, -0.2) is 0 Å². The minimum Gasteiger partial charge on any atom is -0.0776 e. The van der Waals surface area contributed by atoms with Gasteiger partial charge in [0.05, 0.1) is 0 Å². The summed E-state index contributed by atoms with van der Waals surface area (Å²) >= 11 is 0. The standard InChI is InChI=1S/C8H14.2C7H12.2C6H10.7C6H14.2C4H8.2CH4/c1-2-4-8(5-3-1)6-7-8;1-3-7(4-1)5-2-6-7;1-2-4-7(3-1)5-6-7;1-2-6-3-5(1)4-6;1-2-6(3-1)4-5-6;7*1-5-6(2,3)4;2*1-2-4-3-1;;/h1-7H2;2*1-6H2;5-6H,1-4H2;1-5H2;7*5H2,1-4H3;2*1-4H2;2*1H4. The molecule has 0 saturated heterocycles. The van der Waals surface area contributed by atoms with Crippen LogP contribution in [-0.4, -0.2) is 0 Å². The van der Waals surface area contributed by atoms with E-state index in [1.165, 1.54) is 160 Å². The molecule has 0 aromatic rings. The fourth-order valence-electron chi connectivity index (χ4n) is 9.30. The largest absolute Gasteiger partial charge is 0.0776 e. The molecule has 86 heavy (non-hydrogen) atoms. The van der Waals surface area contributed by atoms with Crippen LogP contribution in [0, 0.1) is 71.4 Å². The summed E-state index contributed by atoms with van der Waals surface area (Å²) < 4.78 is 0. The molecule has 4 spiro atoms. The third-order valence-electron chi connectivity index (χ3n) is 22.4. The molecule has 13 aliphatic rings. The topological polar surface area (TPSA) is 0 Å². The highest BCUT2D eigenvalue weighted by atomic mass is 14.5. The van der Waals surface area contributed by atoms with Crippen LogP contribution < -0.4 is 0 Å². The summed E-state index contributed by atoms with van der Waals surface area (Å²) in [6, 6.07) is 0. The summed E-state index contributed by atoms with van der Waals surface area (Å²) in [6.45, 7) is 62.6. The average Bonchev–Trinajstić information content (AvgIpc) is 4.26. The van der Waals surface area contributed by atoms with E-state index in [1.807, 2.05) is 0 Å². The highest BCUT2D eigenvalue weighted by Gasteiger charge is 2.47. The predicted octanol–water partition coefficient (Wildman–Crippen LogP) is 32.7. The first-order valence-corrected chi connectivity index (χ1v) is 38.5. The van der Waals surface area contributed by atoms with Gasteiger partial charge in [-0.05, 0) is 187 Å². The van der Waals surface area contributed by atoms with Crippen molar-refractivity contribution in [2.45, 2.75) is 485 Å². The van der Waals surface area contributed by atoms with Gasteiger partial charge in [0.25, 0.3) is 0 Å². The Balaban J connectivity index is -0.000000421. The Hall–Kier alpha value is 0. The van der Waals surface area contributed by atoms with Crippen molar-refractivity contribution in [1.82, 2.24) is 0 Å².